The van der Waals surface area contributed by atoms with Gasteiger partial charge in [-0.25, -0.2) is 4.99 Å². The van der Waals surface area contributed by atoms with E-state index >= 15 is 0 Å². The second-order valence-corrected chi connectivity index (χ2v) is 7.61. The van der Waals surface area contributed by atoms with Gasteiger partial charge in [-0.2, -0.15) is 0 Å². The Hall–Kier alpha value is -0.900. The monoisotopic (exact) mass is 475 g/mol. The zero-order valence-electron chi connectivity index (χ0n) is 16.5. The molecule has 2 atom stereocenters. The molecule has 0 saturated carbocycles. The van der Waals surface area contributed by atoms with Crippen LogP contribution in [0.15, 0.2) is 4.99 Å². The van der Waals surface area contributed by atoms with E-state index in [1.54, 1.807) is 0 Å². The lowest BCUT2D eigenvalue weighted by atomic mass is 10.1. The molecule has 1 aromatic heterocycles. The Morgan fingerprint density at radius 1 is 1.27 bits per heavy atom. The van der Waals surface area contributed by atoms with Crippen LogP contribution in [-0.4, -0.2) is 57.3 Å². The summed E-state index contributed by atoms with van der Waals surface area (Å²) in [5.41, 5.74) is 0. The molecule has 0 amide bonds. The van der Waals surface area contributed by atoms with E-state index in [-0.39, 0.29) is 24.0 Å². The summed E-state index contributed by atoms with van der Waals surface area (Å²) in [5.74, 6) is 3.60. The molecule has 0 aromatic carbocycles. The van der Waals surface area contributed by atoms with Gasteiger partial charge < -0.3 is 15.2 Å². The summed E-state index contributed by atoms with van der Waals surface area (Å²) in [4.78, 5) is 7.31. The highest BCUT2D eigenvalue weighted by Gasteiger charge is 2.31. The summed E-state index contributed by atoms with van der Waals surface area (Å²) in [6, 6.07) is 1.03. The molecule has 1 saturated heterocycles. The van der Waals surface area contributed by atoms with Crippen molar-refractivity contribution in [2.75, 3.05) is 19.6 Å². The molecule has 26 heavy (non-hydrogen) atoms. The fourth-order valence-corrected chi connectivity index (χ4v) is 3.74. The second kappa shape index (κ2) is 9.87. The van der Waals surface area contributed by atoms with Crippen molar-refractivity contribution in [3.63, 3.8) is 0 Å². The first-order valence-electron chi connectivity index (χ1n) is 9.78. The van der Waals surface area contributed by atoms with Crippen LogP contribution in [0.2, 0.25) is 0 Å². The molecule has 2 unspecified atom stereocenters. The summed E-state index contributed by atoms with van der Waals surface area (Å²) in [5, 5.41) is 15.7. The number of guanidine groups is 1. The highest BCUT2D eigenvalue weighted by atomic mass is 127. The third-order valence-electron chi connectivity index (χ3n) is 5.35. The molecule has 7 nitrogen and oxygen atoms in total. The van der Waals surface area contributed by atoms with E-state index in [0.717, 1.165) is 50.2 Å². The van der Waals surface area contributed by atoms with E-state index in [1.807, 2.05) is 0 Å². The van der Waals surface area contributed by atoms with Gasteiger partial charge in [0.15, 0.2) is 11.8 Å². The van der Waals surface area contributed by atoms with E-state index in [9.17, 15) is 0 Å². The molecule has 0 radical (unpaired) electrons. The smallest absolute Gasteiger partial charge is 0.191 e. The fourth-order valence-electron chi connectivity index (χ4n) is 3.74. The van der Waals surface area contributed by atoms with Crippen molar-refractivity contribution in [3.05, 3.63) is 11.6 Å². The van der Waals surface area contributed by atoms with Gasteiger partial charge >= 0.3 is 0 Å². The Morgan fingerprint density at radius 3 is 2.77 bits per heavy atom. The molecule has 0 spiro atoms. The van der Waals surface area contributed by atoms with Crippen molar-refractivity contribution in [2.45, 2.75) is 72.1 Å². The minimum absolute atomic E-state index is 0. The van der Waals surface area contributed by atoms with Crippen LogP contribution in [0.1, 0.15) is 52.2 Å². The first kappa shape index (κ1) is 21.4. The average Bonchev–Trinajstić information content (AvgIpc) is 3.17. The highest BCUT2D eigenvalue weighted by molar-refractivity contribution is 14.0. The zero-order valence-corrected chi connectivity index (χ0v) is 18.9. The molecule has 0 aliphatic carbocycles. The van der Waals surface area contributed by atoms with Gasteiger partial charge in [0.05, 0.1) is 0 Å². The van der Waals surface area contributed by atoms with Gasteiger partial charge in [-0.15, -0.1) is 34.2 Å². The summed E-state index contributed by atoms with van der Waals surface area (Å²) < 4.78 is 2.25. The molecule has 2 aliphatic rings. The van der Waals surface area contributed by atoms with E-state index in [0.29, 0.717) is 24.5 Å². The quantitative estimate of drug-likeness (QED) is 0.388. The molecule has 8 heteroatoms. The molecular formula is C18H34IN7. The number of hydrogen-bond donors (Lipinski definition) is 2. The van der Waals surface area contributed by atoms with Crippen LogP contribution in [0, 0.1) is 5.92 Å². The minimum atomic E-state index is 0. The van der Waals surface area contributed by atoms with E-state index in [1.165, 1.54) is 12.8 Å². The molecule has 3 rings (SSSR count). The number of aryl methyl sites for hydroxylation is 1. The van der Waals surface area contributed by atoms with Crippen molar-refractivity contribution in [1.29, 1.82) is 0 Å². The number of rotatable bonds is 5. The molecule has 0 bridgehead atoms. The largest absolute Gasteiger partial charge is 0.357 e. The number of halogens is 1. The predicted octanol–water partition coefficient (Wildman–Crippen LogP) is 2.02. The minimum Gasteiger partial charge on any atom is -0.357 e. The van der Waals surface area contributed by atoms with Crippen LogP contribution in [0.4, 0.5) is 0 Å². The second-order valence-electron chi connectivity index (χ2n) is 7.61. The number of nitrogens with one attached hydrogen (secondary N) is 2. The van der Waals surface area contributed by atoms with Crippen molar-refractivity contribution < 1.29 is 0 Å². The van der Waals surface area contributed by atoms with Gasteiger partial charge in [-0.3, -0.25) is 4.90 Å². The molecule has 2 N–H and O–H groups in total. The predicted molar refractivity (Wildman–Crippen MR) is 116 cm³/mol. The van der Waals surface area contributed by atoms with Crippen LogP contribution in [-0.2, 0) is 19.5 Å². The lowest BCUT2D eigenvalue weighted by Crippen LogP contribution is -2.46. The maximum Gasteiger partial charge on any atom is 0.191 e. The maximum atomic E-state index is 4.78. The average molecular weight is 475 g/mol. The van der Waals surface area contributed by atoms with Crippen molar-refractivity contribution >= 4 is 29.9 Å². The maximum absolute atomic E-state index is 4.78. The Morgan fingerprint density at radius 2 is 2.08 bits per heavy atom. The Bertz CT molecular complexity index is 598. The first-order valence-corrected chi connectivity index (χ1v) is 9.78. The third kappa shape index (κ3) is 5.09. The van der Waals surface area contributed by atoms with Gasteiger partial charge in [0.25, 0.3) is 0 Å². The van der Waals surface area contributed by atoms with Crippen molar-refractivity contribution in [1.82, 2.24) is 30.3 Å². The van der Waals surface area contributed by atoms with E-state index in [4.69, 9.17) is 4.99 Å². The summed E-state index contributed by atoms with van der Waals surface area (Å²) in [6.45, 7) is 13.6. The number of nitrogens with zero attached hydrogens (tertiary/aromatic N) is 5. The highest BCUT2D eigenvalue weighted by Crippen LogP contribution is 2.19. The van der Waals surface area contributed by atoms with Crippen LogP contribution in [0.5, 0.6) is 0 Å². The third-order valence-corrected chi connectivity index (χ3v) is 5.35. The van der Waals surface area contributed by atoms with Gasteiger partial charge in [-0.1, -0.05) is 6.92 Å². The number of aliphatic imine (C=N–C) groups is 1. The van der Waals surface area contributed by atoms with Gasteiger partial charge in [0.2, 0.25) is 0 Å². The zero-order chi connectivity index (χ0) is 17.8. The normalized spacial score (nSPS) is 23.7. The topological polar surface area (TPSA) is 70.4 Å². The van der Waals surface area contributed by atoms with Gasteiger partial charge in [0.1, 0.15) is 12.4 Å². The van der Waals surface area contributed by atoms with Crippen molar-refractivity contribution in [3.8, 4) is 0 Å². The Balaban J connectivity index is 0.00000243. The molecule has 3 heterocycles. The molecule has 1 aromatic rings. The number of fused-ring (bicyclic) bond motifs is 1. The molecule has 148 valence electrons. The van der Waals surface area contributed by atoms with E-state index < -0.39 is 0 Å². The summed E-state index contributed by atoms with van der Waals surface area (Å²) >= 11 is 0. The lowest BCUT2D eigenvalue weighted by molar-refractivity contribution is 0.265. The van der Waals surface area contributed by atoms with Gasteiger partial charge in [-0.05, 0) is 39.5 Å². The van der Waals surface area contributed by atoms with Gasteiger partial charge in [0, 0.05) is 44.7 Å². The van der Waals surface area contributed by atoms with Crippen LogP contribution in [0.25, 0.3) is 0 Å². The van der Waals surface area contributed by atoms with E-state index in [2.05, 4.69) is 58.0 Å². The lowest BCUT2D eigenvalue weighted by Gasteiger charge is -2.22. The van der Waals surface area contributed by atoms with Crippen LogP contribution >= 0.6 is 24.0 Å². The van der Waals surface area contributed by atoms with Crippen molar-refractivity contribution in [2.24, 2.45) is 10.9 Å². The Labute approximate surface area is 174 Å². The number of likely N-dealkylation sites (tertiary alicyclic amines) is 1. The standard InChI is InChI=1S/C18H33N7.HI/c1-5-19-18(21-15-12-24(13(2)3)11-14(15)4)20-10-17-23-22-16-8-6-7-9-25(16)17;/h13-15H,5-12H2,1-4H3,(H2,19,20,21);1H. The van der Waals surface area contributed by atoms with Crippen LogP contribution < -0.4 is 10.6 Å². The summed E-state index contributed by atoms with van der Waals surface area (Å²) in [6.07, 6.45) is 3.47. The van der Waals surface area contributed by atoms with Crippen LogP contribution in [0.3, 0.4) is 0 Å². The fraction of sp³-hybridized carbons (Fsp3) is 0.833. The molecule has 2 aliphatic heterocycles. The number of hydrogen-bond acceptors (Lipinski definition) is 4. The molecule has 1 fully saturated rings. The molecular weight excluding hydrogens is 441 g/mol. The summed E-state index contributed by atoms with van der Waals surface area (Å²) in [7, 11) is 0. The SMILES string of the molecule is CCNC(=NCc1nnc2n1CCCC2)NC1CN(C(C)C)CC1C.I. The Kier molecular flexibility index (Phi) is 8.12. The number of aromatic nitrogens is 3. The first-order chi connectivity index (χ1) is 12.1.